The van der Waals surface area contributed by atoms with Crippen molar-refractivity contribution in [3.05, 3.63) is 71.8 Å². The molecule has 3 rings (SSSR count). The maximum atomic E-state index is 2.36. The molecule has 1 atom stereocenters. The van der Waals surface area contributed by atoms with Gasteiger partial charge in [0.1, 0.15) is 0 Å². The molecule has 0 N–H and O–H groups in total. The Labute approximate surface area is 181 Å². The fourth-order valence-corrected chi connectivity index (χ4v) is 7.25. The number of hydrogen-bond acceptors (Lipinski definition) is 0. The van der Waals surface area contributed by atoms with Gasteiger partial charge in [0.2, 0.25) is 0 Å². The lowest BCUT2D eigenvalue weighted by Gasteiger charge is -2.29. The zero-order chi connectivity index (χ0) is 20.4. The first kappa shape index (κ1) is 22.2. The molecule has 0 saturated heterocycles. The first-order valence-corrected chi connectivity index (χ1v) is 13.0. The van der Waals surface area contributed by atoms with Crippen LogP contribution in [0.3, 0.4) is 0 Å². The second-order valence-corrected chi connectivity index (χ2v) is 10.8. The molecule has 0 aromatic heterocycles. The van der Waals surface area contributed by atoms with Gasteiger partial charge in [-0.3, -0.25) is 0 Å². The van der Waals surface area contributed by atoms with Crippen LogP contribution in [0.5, 0.6) is 0 Å². The number of rotatable bonds is 12. The van der Waals surface area contributed by atoms with Gasteiger partial charge in [-0.15, -0.1) is 0 Å². The summed E-state index contributed by atoms with van der Waals surface area (Å²) < 4.78 is 0. The molecule has 0 nitrogen and oxygen atoms in total. The van der Waals surface area contributed by atoms with E-state index in [2.05, 4.69) is 74.5 Å². The molecular weight excluding hydrogens is 364 g/mol. The molecule has 0 saturated carbocycles. The van der Waals surface area contributed by atoms with Crippen LogP contribution in [0.2, 0.25) is 5.04 Å². The minimum absolute atomic E-state index is 0.535. The van der Waals surface area contributed by atoms with Gasteiger partial charge in [0.15, 0.2) is 0 Å². The molecule has 1 unspecified atom stereocenters. The predicted molar refractivity (Wildman–Crippen MR) is 130 cm³/mol. The Hall–Kier alpha value is -1.47. The van der Waals surface area contributed by atoms with Gasteiger partial charge in [-0.2, -0.15) is 0 Å². The van der Waals surface area contributed by atoms with Crippen molar-refractivity contribution in [2.75, 3.05) is 0 Å². The van der Waals surface area contributed by atoms with E-state index in [1.54, 1.807) is 5.17 Å². The quantitative estimate of drug-likeness (QED) is 0.247. The maximum absolute atomic E-state index is 2.36. The maximum Gasteiger partial charge on any atom is 0.0324 e. The van der Waals surface area contributed by atoms with Crippen molar-refractivity contribution < 1.29 is 0 Å². The average Bonchev–Trinajstić information content (AvgIpc) is 3.16. The predicted octanol–water partition coefficient (Wildman–Crippen LogP) is 8.20. The molecule has 0 amide bonds. The van der Waals surface area contributed by atoms with Crippen molar-refractivity contribution in [3.63, 3.8) is 0 Å². The molecule has 1 aliphatic heterocycles. The van der Waals surface area contributed by atoms with Gasteiger partial charge in [-0.25, -0.2) is 0 Å². The van der Waals surface area contributed by atoms with E-state index in [1.165, 1.54) is 81.8 Å². The first-order valence-electron chi connectivity index (χ1n) is 12.0. The summed E-state index contributed by atoms with van der Waals surface area (Å²) in [6.45, 7) is 4.65. The van der Waals surface area contributed by atoms with Crippen molar-refractivity contribution >= 4 is 14.3 Å². The SMILES string of the molecule is CCCCCCC1(CCCCCC)CC(c2ccccc2)C(c2ccccc2)=[Si]1. The summed E-state index contributed by atoms with van der Waals surface area (Å²) in [5.41, 5.74) is 3.02. The van der Waals surface area contributed by atoms with Gasteiger partial charge >= 0.3 is 0 Å². The molecule has 2 aromatic rings. The molecule has 1 heterocycles. The molecule has 1 radical (unpaired) electrons. The van der Waals surface area contributed by atoms with E-state index < -0.39 is 0 Å². The van der Waals surface area contributed by atoms with E-state index in [1.807, 2.05) is 0 Å². The van der Waals surface area contributed by atoms with Crippen LogP contribution in [0, 0.1) is 0 Å². The topological polar surface area (TPSA) is 0 Å². The lowest BCUT2D eigenvalue weighted by atomic mass is 9.80. The third-order valence-electron chi connectivity index (χ3n) is 6.65. The molecule has 29 heavy (non-hydrogen) atoms. The summed E-state index contributed by atoms with van der Waals surface area (Å²) in [7, 11) is 0.985. The van der Waals surface area contributed by atoms with Crippen molar-refractivity contribution in [2.24, 2.45) is 0 Å². The highest BCUT2D eigenvalue weighted by atomic mass is 28.2. The second-order valence-electron chi connectivity index (χ2n) is 8.97. The number of benzene rings is 2. The zero-order valence-corrected chi connectivity index (χ0v) is 19.6. The standard InChI is InChI=1S/C28H39Si/c1-3-5-7-15-21-28(22-16-8-6-4-2)23-26(24-17-11-9-12-18-24)27(29-28)25-19-13-10-14-20-25/h9-14,17-20,26H,3-8,15-16,21-23H2,1-2H3. The summed E-state index contributed by atoms with van der Waals surface area (Å²) in [5.74, 6) is 0.606. The van der Waals surface area contributed by atoms with Gasteiger partial charge in [0.25, 0.3) is 0 Å². The van der Waals surface area contributed by atoms with Gasteiger partial charge in [0, 0.05) is 15.0 Å². The van der Waals surface area contributed by atoms with E-state index in [-0.39, 0.29) is 0 Å². The Bertz CT molecular complexity index is 719. The molecule has 1 heteroatoms. The van der Waals surface area contributed by atoms with Crippen LogP contribution in [-0.2, 0) is 0 Å². The third-order valence-corrected chi connectivity index (χ3v) is 8.79. The zero-order valence-electron chi connectivity index (χ0n) is 18.6. The summed E-state index contributed by atoms with van der Waals surface area (Å²) in [6, 6.07) is 22.6. The summed E-state index contributed by atoms with van der Waals surface area (Å²) >= 11 is 0. The number of hydrogen-bond donors (Lipinski definition) is 0. The van der Waals surface area contributed by atoms with Gasteiger partial charge in [-0.05, 0) is 35.4 Å². The average molecular weight is 404 g/mol. The van der Waals surface area contributed by atoms with E-state index >= 15 is 0 Å². The Morgan fingerprint density at radius 2 is 1.28 bits per heavy atom. The van der Waals surface area contributed by atoms with Gasteiger partial charge in [0.05, 0.1) is 0 Å². The Kier molecular flexibility index (Phi) is 8.92. The highest BCUT2D eigenvalue weighted by Gasteiger charge is 2.39. The van der Waals surface area contributed by atoms with Crippen molar-refractivity contribution in [2.45, 2.75) is 95.4 Å². The van der Waals surface area contributed by atoms with Crippen LogP contribution >= 0.6 is 0 Å². The monoisotopic (exact) mass is 403 g/mol. The minimum atomic E-state index is 0.535. The third kappa shape index (κ3) is 6.25. The summed E-state index contributed by atoms with van der Waals surface area (Å²) in [6.07, 6.45) is 15.3. The van der Waals surface area contributed by atoms with Gasteiger partial charge in [-0.1, -0.05) is 131 Å². The van der Waals surface area contributed by atoms with E-state index in [4.69, 9.17) is 0 Å². The van der Waals surface area contributed by atoms with Crippen LogP contribution in [-0.4, -0.2) is 14.3 Å². The van der Waals surface area contributed by atoms with Crippen LogP contribution in [0.4, 0.5) is 0 Å². The molecule has 0 fully saturated rings. The highest BCUT2D eigenvalue weighted by molar-refractivity contribution is 6.63. The minimum Gasteiger partial charge on any atom is -0.0654 e. The van der Waals surface area contributed by atoms with E-state index in [0.29, 0.717) is 11.0 Å². The normalized spacial score (nSPS) is 18.0. The lowest BCUT2D eigenvalue weighted by Crippen LogP contribution is -2.14. The molecular formula is C28H39Si. The lowest BCUT2D eigenvalue weighted by molar-refractivity contribution is 0.403. The van der Waals surface area contributed by atoms with Crippen LogP contribution < -0.4 is 0 Å². The van der Waals surface area contributed by atoms with Crippen LogP contribution in [0.25, 0.3) is 0 Å². The summed E-state index contributed by atoms with van der Waals surface area (Å²) in [5, 5.41) is 2.26. The first-order chi connectivity index (χ1) is 14.3. The van der Waals surface area contributed by atoms with Crippen molar-refractivity contribution in [3.8, 4) is 0 Å². The molecule has 1 aliphatic rings. The Balaban J connectivity index is 1.88. The van der Waals surface area contributed by atoms with Gasteiger partial charge < -0.3 is 0 Å². The summed E-state index contributed by atoms with van der Waals surface area (Å²) in [4.78, 5) is 0. The molecule has 2 aromatic carbocycles. The molecule has 155 valence electrons. The molecule has 0 aliphatic carbocycles. The Morgan fingerprint density at radius 3 is 1.83 bits per heavy atom. The van der Waals surface area contributed by atoms with Crippen LogP contribution in [0.1, 0.15) is 102 Å². The largest absolute Gasteiger partial charge is 0.0654 e. The number of unbranched alkanes of at least 4 members (excludes halogenated alkanes) is 6. The fraction of sp³-hybridized carbons (Fsp3) is 0.536. The van der Waals surface area contributed by atoms with Crippen LogP contribution in [0.15, 0.2) is 60.7 Å². The fourth-order valence-electron chi connectivity index (χ4n) is 5.01. The van der Waals surface area contributed by atoms with E-state index in [0.717, 1.165) is 9.13 Å². The molecule has 0 spiro atoms. The van der Waals surface area contributed by atoms with Crippen molar-refractivity contribution in [1.29, 1.82) is 0 Å². The van der Waals surface area contributed by atoms with E-state index in [9.17, 15) is 0 Å². The Morgan fingerprint density at radius 1 is 0.724 bits per heavy atom. The highest BCUT2D eigenvalue weighted by Crippen LogP contribution is 2.50. The smallest absolute Gasteiger partial charge is 0.0324 e. The molecule has 0 bridgehead atoms. The second kappa shape index (κ2) is 11.6. The van der Waals surface area contributed by atoms with Crippen molar-refractivity contribution in [1.82, 2.24) is 0 Å².